The number of hydrogen-bond donors (Lipinski definition) is 1. The van der Waals surface area contributed by atoms with E-state index < -0.39 is 5.95 Å². The maximum absolute atomic E-state index is 13.8. The zero-order valence-corrected chi connectivity index (χ0v) is 11.3. The van der Waals surface area contributed by atoms with Gasteiger partial charge in [-0.05, 0) is 43.7 Å². The van der Waals surface area contributed by atoms with E-state index in [9.17, 15) is 4.39 Å². The highest BCUT2D eigenvalue weighted by Crippen LogP contribution is 2.35. The third kappa shape index (κ3) is 2.63. The molecule has 3 rings (SSSR count). The second-order valence-electron chi connectivity index (χ2n) is 5.06. The van der Waals surface area contributed by atoms with Crippen LogP contribution >= 0.6 is 0 Å². The van der Waals surface area contributed by atoms with E-state index in [1.165, 1.54) is 6.20 Å². The van der Waals surface area contributed by atoms with Gasteiger partial charge in [0.05, 0.1) is 11.7 Å². The Morgan fingerprint density at radius 3 is 2.75 bits per heavy atom. The Bertz CT molecular complexity index is 599. The molecule has 2 heterocycles. The van der Waals surface area contributed by atoms with Gasteiger partial charge in [0.2, 0.25) is 5.95 Å². The van der Waals surface area contributed by atoms with Crippen molar-refractivity contribution in [3.05, 3.63) is 42.7 Å². The quantitative estimate of drug-likeness (QED) is 0.850. The van der Waals surface area contributed by atoms with E-state index in [2.05, 4.69) is 15.3 Å². The Hall–Kier alpha value is -2.01. The summed E-state index contributed by atoms with van der Waals surface area (Å²) in [6.45, 7) is 0.576. The molecule has 0 amide bonds. The molecule has 2 aromatic heterocycles. The summed E-state index contributed by atoms with van der Waals surface area (Å²) in [7, 11) is 1.93. The Morgan fingerprint density at radius 1 is 1.35 bits per heavy atom. The van der Waals surface area contributed by atoms with Gasteiger partial charge in [-0.2, -0.15) is 4.39 Å². The lowest BCUT2D eigenvalue weighted by atomic mass is 10.1. The van der Waals surface area contributed by atoms with Crippen LogP contribution in [0, 0.1) is 5.95 Å². The van der Waals surface area contributed by atoms with Crippen LogP contribution in [0.1, 0.15) is 12.8 Å². The van der Waals surface area contributed by atoms with Crippen LogP contribution in [0.15, 0.2) is 36.8 Å². The first-order valence-electron chi connectivity index (χ1n) is 6.60. The SMILES string of the molecule is CNC1(COc2cnc(F)c(-c3ccncc3)c2)CC1. The number of pyridine rings is 2. The molecule has 0 spiro atoms. The molecule has 0 bridgehead atoms. The molecule has 0 radical (unpaired) electrons. The zero-order valence-electron chi connectivity index (χ0n) is 11.3. The molecule has 1 fully saturated rings. The first-order chi connectivity index (χ1) is 9.72. The van der Waals surface area contributed by atoms with Crippen molar-refractivity contribution in [1.82, 2.24) is 15.3 Å². The maximum Gasteiger partial charge on any atom is 0.220 e. The van der Waals surface area contributed by atoms with Crippen molar-refractivity contribution in [2.45, 2.75) is 18.4 Å². The first-order valence-corrected chi connectivity index (χ1v) is 6.60. The molecular weight excluding hydrogens is 257 g/mol. The smallest absolute Gasteiger partial charge is 0.220 e. The normalized spacial score (nSPS) is 15.9. The molecule has 1 aliphatic rings. The fraction of sp³-hybridized carbons (Fsp3) is 0.333. The minimum atomic E-state index is -0.502. The monoisotopic (exact) mass is 273 g/mol. The molecule has 104 valence electrons. The fourth-order valence-corrected chi connectivity index (χ4v) is 2.08. The lowest BCUT2D eigenvalue weighted by Gasteiger charge is -2.15. The van der Waals surface area contributed by atoms with E-state index in [0.717, 1.165) is 18.4 Å². The third-order valence-electron chi connectivity index (χ3n) is 3.70. The molecule has 0 aliphatic heterocycles. The highest BCUT2D eigenvalue weighted by molar-refractivity contribution is 5.63. The largest absolute Gasteiger partial charge is 0.490 e. The van der Waals surface area contributed by atoms with Gasteiger partial charge in [-0.25, -0.2) is 4.98 Å². The molecule has 0 unspecified atom stereocenters. The molecule has 1 aliphatic carbocycles. The van der Waals surface area contributed by atoms with Crippen LogP contribution in [0.2, 0.25) is 0 Å². The first kappa shape index (κ1) is 13.0. The van der Waals surface area contributed by atoms with E-state index in [0.29, 0.717) is 17.9 Å². The predicted molar refractivity (Wildman–Crippen MR) is 73.9 cm³/mol. The Kier molecular flexibility index (Phi) is 3.36. The van der Waals surface area contributed by atoms with Crippen molar-refractivity contribution < 1.29 is 9.13 Å². The highest BCUT2D eigenvalue weighted by Gasteiger charge is 2.41. The zero-order chi connectivity index (χ0) is 14.0. The van der Waals surface area contributed by atoms with Gasteiger partial charge in [-0.15, -0.1) is 0 Å². The van der Waals surface area contributed by atoms with Crippen LogP contribution in [0.3, 0.4) is 0 Å². The summed E-state index contributed by atoms with van der Waals surface area (Å²) in [5, 5.41) is 3.25. The van der Waals surface area contributed by atoms with Crippen LogP contribution in [0.25, 0.3) is 11.1 Å². The van der Waals surface area contributed by atoms with Crippen molar-refractivity contribution in [3.8, 4) is 16.9 Å². The van der Waals surface area contributed by atoms with Crippen LogP contribution in [-0.2, 0) is 0 Å². The van der Waals surface area contributed by atoms with Crippen LogP contribution in [-0.4, -0.2) is 29.2 Å². The summed E-state index contributed by atoms with van der Waals surface area (Å²) in [4.78, 5) is 7.70. The molecule has 0 atom stereocenters. The number of likely N-dealkylation sites (N-methyl/N-ethyl adjacent to an activating group) is 1. The topological polar surface area (TPSA) is 47.0 Å². The van der Waals surface area contributed by atoms with Crippen LogP contribution < -0.4 is 10.1 Å². The van der Waals surface area contributed by atoms with E-state index in [1.54, 1.807) is 30.6 Å². The van der Waals surface area contributed by atoms with Gasteiger partial charge >= 0.3 is 0 Å². The second-order valence-corrected chi connectivity index (χ2v) is 5.06. The molecular formula is C15H16FN3O. The van der Waals surface area contributed by atoms with Gasteiger partial charge in [0, 0.05) is 18.0 Å². The van der Waals surface area contributed by atoms with Gasteiger partial charge in [-0.1, -0.05) is 0 Å². The second kappa shape index (κ2) is 5.17. The highest BCUT2D eigenvalue weighted by atomic mass is 19.1. The standard InChI is InChI=1S/C15H16FN3O/c1-17-15(4-5-15)10-20-12-8-13(14(16)19-9-12)11-2-6-18-7-3-11/h2-3,6-9,17H,4-5,10H2,1H3. The maximum atomic E-state index is 13.8. The Balaban J connectivity index is 1.80. The average Bonchev–Trinajstić information content (AvgIpc) is 3.28. The van der Waals surface area contributed by atoms with Gasteiger partial charge in [0.1, 0.15) is 12.4 Å². The lowest BCUT2D eigenvalue weighted by Crippen LogP contribution is -2.33. The van der Waals surface area contributed by atoms with E-state index in [1.807, 2.05) is 7.05 Å². The van der Waals surface area contributed by atoms with Crippen molar-refractivity contribution in [2.24, 2.45) is 0 Å². The summed E-state index contributed by atoms with van der Waals surface area (Å²) in [6.07, 6.45) is 6.89. The van der Waals surface area contributed by atoms with E-state index >= 15 is 0 Å². The molecule has 2 aromatic rings. The minimum Gasteiger partial charge on any atom is -0.490 e. The van der Waals surface area contributed by atoms with E-state index in [-0.39, 0.29) is 5.54 Å². The van der Waals surface area contributed by atoms with Crippen molar-refractivity contribution in [3.63, 3.8) is 0 Å². The summed E-state index contributed by atoms with van der Waals surface area (Å²) >= 11 is 0. The fourth-order valence-electron chi connectivity index (χ4n) is 2.08. The predicted octanol–water partition coefficient (Wildman–Crippen LogP) is 2.41. The van der Waals surface area contributed by atoms with Crippen molar-refractivity contribution >= 4 is 0 Å². The molecule has 0 aromatic carbocycles. The van der Waals surface area contributed by atoms with Gasteiger partial charge in [-0.3, -0.25) is 4.98 Å². The number of rotatable bonds is 5. The Labute approximate surface area is 117 Å². The third-order valence-corrected chi connectivity index (χ3v) is 3.70. The summed E-state index contributed by atoms with van der Waals surface area (Å²) in [6, 6.07) is 5.18. The summed E-state index contributed by atoms with van der Waals surface area (Å²) < 4.78 is 19.5. The number of hydrogen-bond acceptors (Lipinski definition) is 4. The minimum absolute atomic E-state index is 0.0885. The summed E-state index contributed by atoms with van der Waals surface area (Å²) in [5.41, 5.74) is 1.26. The molecule has 0 saturated heterocycles. The van der Waals surface area contributed by atoms with Crippen LogP contribution in [0.5, 0.6) is 5.75 Å². The van der Waals surface area contributed by atoms with Gasteiger partial charge in [0.15, 0.2) is 0 Å². The summed E-state index contributed by atoms with van der Waals surface area (Å²) in [5.74, 6) is 0.0815. The number of ether oxygens (including phenoxy) is 1. The van der Waals surface area contributed by atoms with Gasteiger partial charge in [0.25, 0.3) is 0 Å². The molecule has 20 heavy (non-hydrogen) atoms. The molecule has 5 heteroatoms. The van der Waals surface area contributed by atoms with Gasteiger partial charge < -0.3 is 10.1 Å². The molecule has 1 N–H and O–H groups in total. The van der Waals surface area contributed by atoms with E-state index in [4.69, 9.17) is 4.74 Å². The Morgan fingerprint density at radius 2 is 2.10 bits per heavy atom. The molecule has 1 saturated carbocycles. The number of nitrogens with one attached hydrogen (secondary N) is 1. The number of aromatic nitrogens is 2. The van der Waals surface area contributed by atoms with Crippen molar-refractivity contribution in [2.75, 3.05) is 13.7 Å². The average molecular weight is 273 g/mol. The van der Waals surface area contributed by atoms with Crippen LogP contribution in [0.4, 0.5) is 4.39 Å². The molecule has 4 nitrogen and oxygen atoms in total. The van der Waals surface area contributed by atoms with Crippen molar-refractivity contribution in [1.29, 1.82) is 0 Å². The lowest BCUT2D eigenvalue weighted by molar-refractivity contribution is 0.258. The number of nitrogens with zero attached hydrogens (tertiary/aromatic N) is 2. The number of halogens is 1.